The van der Waals surface area contributed by atoms with Crippen molar-refractivity contribution in [1.29, 1.82) is 0 Å². The van der Waals surface area contributed by atoms with Crippen LogP contribution in [0, 0.1) is 6.92 Å². The lowest BCUT2D eigenvalue weighted by Gasteiger charge is -2.03. The Morgan fingerprint density at radius 3 is 3.07 bits per heavy atom. The summed E-state index contributed by atoms with van der Waals surface area (Å²) >= 11 is 0. The Hall–Kier alpha value is -1.51. The molecule has 2 aromatic rings. The smallest absolute Gasteiger partial charge is 0.192 e. The molecule has 1 aromatic carbocycles. The number of unbranched alkanes of at least 4 members (excludes halogenated alkanes) is 1. The third-order valence-corrected chi connectivity index (χ3v) is 2.35. The second-order valence-electron chi connectivity index (χ2n) is 3.70. The van der Waals surface area contributed by atoms with Gasteiger partial charge in [-0.2, -0.15) is 0 Å². The minimum atomic E-state index is 0.718. The van der Waals surface area contributed by atoms with Gasteiger partial charge in [-0.05, 0) is 24.6 Å². The first kappa shape index (κ1) is 10.0. The normalized spacial score (nSPS) is 10.8. The van der Waals surface area contributed by atoms with Crippen molar-refractivity contribution in [2.24, 2.45) is 0 Å². The van der Waals surface area contributed by atoms with Crippen LogP contribution in [0.2, 0.25) is 0 Å². The van der Waals surface area contributed by atoms with Gasteiger partial charge in [-0.3, -0.25) is 0 Å². The summed E-state index contributed by atoms with van der Waals surface area (Å²) in [6.07, 6.45) is 2.40. The third kappa shape index (κ3) is 2.29. The molecule has 80 valence electrons. The fraction of sp³-hybridized carbons (Fsp3) is 0.417. The molecule has 15 heavy (non-hydrogen) atoms. The van der Waals surface area contributed by atoms with E-state index in [1.165, 1.54) is 12.8 Å². The Bertz CT molecular complexity index is 448. The van der Waals surface area contributed by atoms with E-state index in [4.69, 9.17) is 4.42 Å². The number of aromatic nitrogens is 1. The Balaban J connectivity index is 2.15. The average molecular weight is 204 g/mol. The number of aryl methyl sites for hydroxylation is 1. The Labute approximate surface area is 89.5 Å². The zero-order valence-corrected chi connectivity index (χ0v) is 9.21. The van der Waals surface area contributed by atoms with Gasteiger partial charge in [0.15, 0.2) is 11.5 Å². The van der Waals surface area contributed by atoms with Gasteiger partial charge in [-0.15, -0.1) is 0 Å². The molecule has 0 saturated heterocycles. The Morgan fingerprint density at radius 2 is 2.27 bits per heavy atom. The quantitative estimate of drug-likeness (QED) is 0.776. The van der Waals surface area contributed by atoms with Crippen molar-refractivity contribution in [3.8, 4) is 0 Å². The molecule has 0 bridgehead atoms. The number of benzene rings is 1. The molecule has 2 rings (SSSR count). The first-order valence-electron chi connectivity index (χ1n) is 5.40. The highest BCUT2D eigenvalue weighted by Gasteiger charge is 2.02. The topological polar surface area (TPSA) is 38.1 Å². The molecule has 1 aromatic heterocycles. The van der Waals surface area contributed by atoms with E-state index in [-0.39, 0.29) is 0 Å². The predicted molar refractivity (Wildman–Crippen MR) is 62.1 cm³/mol. The van der Waals surface area contributed by atoms with E-state index in [0.29, 0.717) is 0 Å². The van der Waals surface area contributed by atoms with Crippen molar-refractivity contribution in [2.75, 3.05) is 11.9 Å². The standard InChI is InChI=1S/C12H16N2O/c1-3-4-7-13-10-5-6-12-11(8-10)14-9(2)15-12/h5-6,8,13H,3-4,7H2,1-2H3. The van der Waals surface area contributed by atoms with E-state index >= 15 is 0 Å². The zero-order valence-electron chi connectivity index (χ0n) is 9.21. The number of oxazole rings is 1. The summed E-state index contributed by atoms with van der Waals surface area (Å²) in [5, 5.41) is 3.37. The number of fused-ring (bicyclic) bond motifs is 1. The number of nitrogens with zero attached hydrogens (tertiary/aromatic N) is 1. The largest absolute Gasteiger partial charge is 0.441 e. The van der Waals surface area contributed by atoms with E-state index in [2.05, 4.69) is 17.2 Å². The Morgan fingerprint density at radius 1 is 1.40 bits per heavy atom. The van der Waals surface area contributed by atoms with Gasteiger partial charge in [0.1, 0.15) is 5.52 Å². The summed E-state index contributed by atoms with van der Waals surface area (Å²) in [7, 11) is 0. The summed E-state index contributed by atoms with van der Waals surface area (Å²) in [4.78, 5) is 4.30. The molecule has 0 radical (unpaired) electrons. The number of anilines is 1. The summed E-state index contributed by atoms with van der Waals surface area (Å²) in [6.45, 7) is 5.06. The minimum Gasteiger partial charge on any atom is -0.441 e. The molecule has 0 spiro atoms. The van der Waals surface area contributed by atoms with Crippen molar-refractivity contribution in [1.82, 2.24) is 4.98 Å². The van der Waals surface area contributed by atoms with Crippen LogP contribution in [0.5, 0.6) is 0 Å². The zero-order chi connectivity index (χ0) is 10.7. The molecule has 3 heteroatoms. The molecular formula is C12H16N2O. The van der Waals surface area contributed by atoms with E-state index in [9.17, 15) is 0 Å². The van der Waals surface area contributed by atoms with Crippen LogP contribution in [0.25, 0.3) is 11.1 Å². The van der Waals surface area contributed by atoms with Gasteiger partial charge in [-0.1, -0.05) is 13.3 Å². The lowest BCUT2D eigenvalue weighted by molar-refractivity contribution is 0.561. The van der Waals surface area contributed by atoms with Crippen LogP contribution in [0.1, 0.15) is 25.7 Å². The predicted octanol–water partition coefficient (Wildman–Crippen LogP) is 3.35. The second-order valence-corrected chi connectivity index (χ2v) is 3.70. The monoisotopic (exact) mass is 204 g/mol. The SMILES string of the molecule is CCCCNc1ccc2oc(C)nc2c1. The lowest BCUT2D eigenvalue weighted by Crippen LogP contribution is -2.00. The summed E-state index contributed by atoms with van der Waals surface area (Å²) in [6, 6.07) is 6.02. The Kier molecular flexibility index (Phi) is 2.90. The van der Waals surface area contributed by atoms with Crippen molar-refractivity contribution >= 4 is 16.8 Å². The van der Waals surface area contributed by atoms with Crippen LogP contribution in [-0.4, -0.2) is 11.5 Å². The lowest BCUT2D eigenvalue weighted by atomic mass is 10.2. The van der Waals surface area contributed by atoms with E-state index < -0.39 is 0 Å². The van der Waals surface area contributed by atoms with Crippen LogP contribution >= 0.6 is 0 Å². The first-order valence-corrected chi connectivity index (χ1v) is 5.40. The van der Waals surface area contributed by atoms with Gasteiger partial charge in [0.25, 0.3) is 0 Å². The van der Waals surface area contributed by atoms with E-state index in [1.807, 2.05) is 25.1 Å². The van der Waals surface area contributed by atoms with Crippen LogP contribution in [-0.2, 0) is 0 Å². The van der Waals surface area contributed by atoms with Crippen LogP contribution in [0.4, 0.5) is 5.69 Å². The summed E-state index contributed by atoms with van der Waals surface area (Å²) in [5.41, 5.74) is 2.90. The highest BCUT2D eigenvalue weighted by Crippen LogP contribution is 2.19. The minimum absolute atomic E-state index is 0.718. The molecule has 0 unspecified atom stereocenters. The molecule has 0 aliphatic carbocycles. The highest BCUT2D eigenvalue weighted by molar-refractivity contribution is 5.77. The van der Waals surface area contributed by atoms with Crippen molar-refractivity contribution in [3.63, 3.8) is 0 Å². The fourth-order valence-corrected chi connectivity index (χ4v) is 1.56. The molecule has 0 aliphatic heterocycles. The maximum absolute atomic E-state index is 5.41. The maximum atomic E-state index is 5.41. The summed E-state index contributed by atoms with van der Waals surface area (Å²) < 4.78 is 5.41. The van der Waals surface area contributed by atoms with Gasteiger partial charge < -0.3 is 9.73 Å². The van der Waals surface area contributed by atoms with Gasteiger partial charge in [0, 0.05) is 19.2 Å². The molecule has 0 aliphatic rings. The van der Waals surface area contributed by atoms with Gasteiger partial charge in [0.05, 0.1) is 0 Å². The maximum Gasteiger partial charge on any atom is 0.192 e. The highest BCUT2D eigenvalue weighted by atomic mass is 16.3. The molecule has 0 atom stereocenters. The van der Waals surface area contributed by atoms with Gasteiger partial charge >= 0.3 is 0 Å². The van der Waals surface area contributed by atoms with Crippen LogP contribution in [0.15, 0.2) is 22.6 Å². The molecule has 1 heterocycles. The second kappa shape index (κ2) is 4.34. The molecule has 0 fully saturated rings. The van der Waals surface area contributed by atoms with E-state index in [1.54, 1.807) is 0 Å². The van der Waals surface area contributed by atoms with Gasteiger partial charge in [0.2, 0.25) is 0 Å². The number of rotatable bonds is 4. The average Bonchev–Trinajstić information content (AvgIpc) is 2.57. The molecule has 0 saturated carbocycles. The molecule has 3 nitrogen and oxygen atoms in total. The van der Waals surface area contributed by atoms with E-state index in [0.717, 1.165) is 29.2 Å². The molecular weight excluding hydrogens is 188 g/mol. The molecule has 0 amide bonds. The number of nitrogens with one attached hydrogen (secondary N) is 1. The van der Waals surface area contributed by atoms with Crippen molar-refractivity contribution < 1.29 is 4.42 Å². The first-order chi connectivity index (χ1) is 7.29. The van der Waals surface area contributed by atoms with Crippen molar-refractivity contribution in [3.05, 3.63) is 24.1 Å². The number of hydrogen-bond donors (Lipinski definition) is 1. The van der Waals surface area contributed by atoms with Crippen LogP contribution < -0.4 is 5.32 Å². The van der Waals surface area contributed by atoms with Gasteiger partial charge in [-0.25, -0.2) is 4.98 Å². The van der Waals surface area contributed by atoms with Crippen molar-refractivity contribution in [2.45, 2.75) is 26.7 Å². The third-order valence-electron chi connectivity index (χ3n) is 2.35. The van der Waals surface area contributed by atoms with Crippen LogP contribution in [0.3, 0.4) is 0 Å². The number of hydrogen-bond acceptors (Lipinski definition) is 3. The summed E-state index contributed by atoms with van der Waals surface area (Å²) in [5.74, 6) is 0.718. The molecule has 1 N–H and O–H groups in total. The fourth-order valence-electron chi connectivity index (χ4n) is 1.56.